The van der Waals surface area contributed by atoms with Crippen molar-refractivity contribution in [2.75, 3.05) is 13.1 Å². The minimum Gasteiger partial charge on any atom is -0.481 e. The number of hydrogen-bond acceptors (Lipinski definition) is 3. The third-order valence-electron chi connectivity index (χ3n) is 4.55. The van der Waals surface area contributed by atoms with Crippen LogP contribution < -0.4 is 4.74 Å². The van der Waals surface area contributed by atoms with Crippen LogP contribution in [0.25, 0.3) is 0 Å². The van der Waals surface area contributed by atoms with Gasteiger partial charge in [0.2, 0.25) is 6.10 Å². The molecule has 2 aromatic rings. The van der Waals surface area contributed by atoms with Crippen LogP contribution in [0.2, 0.25) is 0 Å². The fourth-order valence-electron chi connectivity index (χ4n) is 3.12. The van der Waals surface area contributed by atoms with E-state index < -0.39 is 35.5 Å². The molecule has 1 saturated heterocycles. The number of likely N-dealkylation sites (tertiary alicyclic amines) is 1. The molecule has 1 heterocycles. The Kier molecular flexibility index (Phi) is 5.69. The van der Waals surface area contributed by atoms with Crippen molar-refractivity contribution in [1.82, 2.24) is 4.90 Å². The average molecular weight is 375 g/mol. The van der Waals surface area contributed by atoms with Gasteiger partial charge in [0, 0.05) is 24.7 Å². The summed E-state index contributed by atoms with van der Waals surface area (Å²) < 4.78 is 32.4. The van der Waals surface area contributed by atoms with Crippen LogP contribution in [0.3, 0.4) is 0 Å². The molecule has 1 aliphatic heterocycles. The Bertz CT molecular complexity index is 828. The van der Waals surface area contributed by atoms with E-state index in [9.17, 15) is 23.5 Å². The third-order valence-corrected chi connectivity index (χ3v) is 4.55. The Morgan fingerprint density at radius 3 is 2.52 bits per heavy atom. The number of nitrogens with zero attached hydrogens (tertiary/aromatic N) is 1. The van der Waals surface area contributed by atoms with Crippen molar-refractivity contribution in [3.63, 3.8) is 0 Å². The van der Waals surface area contributed by atoms with E-state index in [-0.39, 0.29) is 12.3 Å². The summed E-state index contributed by atoms with van der Waals surface area (Å²) in [5, 5.41) is 9.24. The van der Waals surface area contributed by atoms with E-state index in [1.807, 2.05) is 0 Å². The minimum absolute atomic E-state index is 0.0166. The molecule has 0 saturated carbocycles. The van der Waals surface area contributed by atoms with Gasteiger partial charge in [-0.05, 0) is 25.0 Å². The van der Waals surface area contributed by atoms with E-state index in [0.717, 1.165) is 12.1 Å². The van der Waals surface area contributed by atoms with Crippen LogP contribution in [0.4, 0.5) is 8.78 Å². The number of ether oxygens (including phenoxy) is 1. The summed E-state index contributed by atoms with van der Waals surface area (Å²) in [6.45, 7) is 0.520. The van der Waals surface area contributed by atoms with Gasteiger partial charge in [0.05, 0.1) is 5.92 Å². The second-order valence-electron chi connectivity index (χ2n) is 6.45. The van der Waals surface area contributed by atoms with Crippen molar-refractivity contribution >= 4 is 11.9 Å². The highest BCUT2D eigenvalue weighted by molar-refractivity contribution is 5.83. The molecular weight excluding hydrogens is 356 g/mol. The van der Waals surface area contributed by atoms with Crippen LogP contribution in [0, 0.1) is 17.6 Å². The van der Waals surface area contributed by atoms with Gasteiger partial charge in [-0.3, -0.25) is 9.59 Å². The summed E-state index contributed by atoms with van der Waals surface area (Å²) >= 11 is 0. The molecule has 5 nitrogen and oxygen atoms in total. The summed E-state index contributed by atoms with van der Waals surface area (Å²) in [7, 11) is 0. The van der Waals surface area contributed by atoms with E-state index in [1.165, 1.54) is 11.0 Å². The van der Waals surface area contributed by atoms with Crippen molar-refractivity contribution in [2.24, 2.45) is 5.92 Å². The highest BCUT2D eigenvalue weighted by atomic mass is 19.2. The maximum Gasteiger partial charge on any atom is 0.308 e. The van der Waals surface area contributed by atoms with Gasteiger partial charge in [0.25, 0.3) is 5.91 Å². The normalized spacial score (nSPS) is 18.0. The number of piperidine rings is 1. The molecule has 27 heavy (non-hydrogen) atoms. The Morgan fingerprint density at radius 1 is 1.11 bits per heavy atom. The van der Waals surface area contributed by atoms with E-state index in [0.29, 0.717) is 24.9 Å². The number of benzene rings is 2. The number of carbonyl (C=O) groups excluding carboxylic acids is 1. The standard InChI is InChI=1S/C20H19F2NO4/c21-16-9-8-15(11-17(16)22)27-18(13-5-2-1-3-6-13)19(24)23-10-4-7-14(12-23)20(25)26/h1-3,5-6,8-9,11,14,18H,4,7,10,12H2,(H,25,26). The molecule has 2 aromatic carbocycles. The van der Waals surface area contributed by atoms with Gasteiger partial charge >= 0.3 is 5.97 Å². The van der Waals surface area contributed by atoms with Gasteiger partial charge in [-0.1, -0.05) is 30.3 Å². The zero-order valence-electron chi connectivity index (χ0n) is 14.5. The fourth-order valence-corrected chi connectivity index (χ4v) is 3.12. The van der Waals surface area contributed by atoms with Crippen molar-refractivity contribution in [2.45, 2.75) is 18.9 Å². The molecule has 2 unspecified atom stereocenters. The van der Waals surface area contributed by atoms with Gasteiger partial charge in [0.15, 0.2) is 11.6 Å². The first-order valence-electron chi connectivity index (χ1n) is 8.64. The molecule has 2 atom stereocenters. The second kappa shape index (κ2) is 8.16. The van der Waals surface area contributed by atoms with Gasteiger partial charge in [-0.25, -0.2) is 8.78 Å². The predicted molar refractivity (Wildman–Crippen MR) is 93.1 cm³/mol. The summed E-state index contributed by atoms with van der Waals surface area (Å²) in [5.74, 6) is -4.03. The van der Waals surface area contributed by atoms with Crippen molar-refractivity contribution < 1.29 is 28.2 Å². The first-order chi connectivity index (χ1) is 13.0. The number of rotatable bonds is 5. The largest absolute Gasteiger partial charge is 0.481 e. The molecule has 3 rings (SSSR count). The average Bonchev–Trinajstić information content (AvgIpc) is 2.69. The first-order valence-corrected chi connectivity index (χ1v) is 8.64. The Balaban J connectivity index is 1.86. The van der Waals surface area contributed by atoms with Gasteiger partial charge in [-0.2, -0.15) is 0 Å². The summed E-state index contributed by atoms with van der Waals surface area (Å²) in [4.78, 5) is 25.8. The number of hydrogen-bond donors (Lipinski definition) is 1. The molecule has 1 N–H and O–H groups in total. The minimum atomic E-state index is -1.08. The third kappa shape index (κ3) is 4.42. The molecule has 1 amide bonds. The van der Waals surface area contributed by atoms with Crippen LogP contribution >= 0.6 is 0 Å². The van der Waals surface area contributed by atoms with Gasteiger partial charge in [-0.15, -0.1) is 0 Å². The lowest BCUT2D eigenvalue weighted by atomic mass is 9.97. The quantitative estimate of drug-likeness (QED) is 0.870. The highest BCUT2D eigenvalue weighted by Gasteiger charge is 2.33. The number of aliphatic carboxylic acids is 1. The molecule has 142 valence electrons. The Labute approximate surface area is 155 Å². The van der Waals surface area contributed by atoms with E-state index >= 15 is 0 Å². The van der Waals surface area contributed by atoms with E-state index in [1.54, 1.807) is 30.3 Å². The van der Waals surface area contributed by atoms with Crippen LogP contribution in [0.5, 0.6) is 5.75 Å². The van der Waals surface area contributed by atoms with Crippen molar-refractivity contribution in [3.8, 4) is 5.75 Å². The monoisotopic (exact) mass is 375 g/mol. The van der Waals surface area contributed by atoms with Gasteiger partial charge < -0.3 is 14.7 Å². The van der Waals surface area contributed by atoms with E-state index in [4.69, 9.17) is 4.74 Å². The maximum atomic E-state index is 13.5. The van der Waals surface area contributed by atoms with Crippen LogP contribution in [0.15, 0.2) is 48.5 Å². The van der Waals surface area contributed by atoms with E-state index in [2.05, 4.69) is 0 Å². The molecule has 0 aromatic heterocycles. The lowest BCUT2D eigenvalue weighted by molar-refractivity contribution is -0.148. The SMILES string of the molecule is O=C(O)C1CCCN(C(=O)C(Oc2ccc(F)c(F)c2)c2ccccc2)C1. The van der Waals surface area contributed by atoms with Gasteiger partial charge in [0.1, 0.15) is 5.75 Å². The van der Waals surface area contributed by atoms with Crippen molar-refractivity contribution in [3.05, 3.63) is 65.7 Å². The Hall–Kier alpha value is -2.96. The number of carboxylic acids is 1. The molecular formula is C20H19F2NO4. The highest BCUT2D eigenvalue weighted by Crippen LogP contribution is 2.27. The Morgan fingerprint density at radius 2 is 1.85 bits per heavy atom. The summed E-state index contributed by atoms with van der Waals surface area (Å²) in [6, 6.07) is 11.7. The van der Waals surface area contributed by atoms with Crippen LogP contribution in [0.1, 0.15) is 24.5 Å². The second-order valence-corrected chi connectivity index (χ2v) is 6.45. The maximum absolute atomic E-state index is 13.5. The number of amides is 1. The van der Waals surface area contributed by atoms with Crippen molar-refractivity contribution in [1.29, 1.82) is 0 Å². The predicted octanol–water partition coefficient (Wildman–Crippen LogP) is 3.41. The van der Waals surface area contributed by atoms with Crippen LogP contribution in [-0.4, -0.2) is 35.0 Å². The fraction of sp³-hybridized carbons (Fsp3) is 0.300. The summed E-state index contributed by atoms with van der Waals surface area (Å²) in [6.07, 6.45) is 0.0118. The summed E-state index contributed by atoms with van der Waals surface area (Å²) in [5.41, 5.74) is 0.546. The number of carbonyl (C=O) groups is 2. The smallest absolute Gasteiger partial charge is 0.308 e. The molecule has 0 aliphatic carbocycles. The molecule has 1 fully saturated rings. The lowest BCUT2D eigenvalue weighted by Crippen LogP contribution is -2.45. The lowest BCUT2D eigenvalue weighted by Gasteiger charge is -2.33. The molecule has 0 spiro atoms. The van der Waals surface area contributed by atoms with Crippen LogP contribution in [-0.2, 0) is 9.59 Å². The molecule has 7 heteroatoms. The molecule has 0 radical (unpaired) electrons. The topological polar surface area (TPSA) is 66.8 Å². The number of carboxylic acid groups (broad SMARTS) is 1. The number of halogens is 2. The molecule has 1 aliphatic rings. The molecule has 0 bridgehead atoms. The zero-order valence-corrected chi connectivity index (χ0v) is 14.5. The zero-order chi connectivity index (χ0) is 19.4. The first kappa shape index (κ1) is 18.8.